The van der Waals surface area contributed by atoms with Gasteiger partial charge < -0.3 is 14.4 Å². The number of sulfonamides is 1. The number of nitrogens with zero attached hydrogens (tertiary/aromatic N) is 2. The summed E-state index contributed by atoms with van der Waals surface area (Å²) in [7, 11) is -3.50. The third kappa shape index (κ3) is 3.89. The van der Waals surface area contributed by atoms with E-state index < -0.39 is 10.0 Å². The second-order valence-corrected chi connectivity index (χ2v) is 9.33. The van der Waals surface area contributed by atoms with Crippen LogP contribution < -0.4 is 18.7 Å². The van der Waals surface area contributed by atoms with Crippen molar-refractivity contribution in [3.63, 3.8) is 0 Å². The lowest BCUT2D eigenvalue weighted by atomic mass is 10.1. The van der Waals surface area contributed by atoms with Gasteiger partial charge in [-0.2, -0.15) is 0 Å². The number of ether oxygens (including phenoxy) is 2. The Morgan fingerprint density at radius 2 is 1.93 bits per heavy atom. The molecule has 0 spiro atoms. The van der Waals surface area contributed by atoms with E-state index in [9.17, 15) is 13.2 Å². The average Bonchev–Trinajstić information content (AvgIpc) is 3.26. The van der Waals surface area contributed by atoms with E-state index in [1.54, 1.807) is 18.2 Å². The van der Waals surface area contributed by atoms with E-state index in [0.717, 1.165) is 18.4 Å². The molecule has 154 valence electrons. The molecule has 0 bridgehead atoms. The monoisotopic (exact) mass is 416 g/mol. The van der Waals surface area contributed by atoms with Gasteiger partial charge in [0.2, 0.25) is 22.7 Å². The Hall–Kier alpha value is -2.74. The van der Waals surface area contributed by atoms with Gasteiger partial charge in [0.1, 0.15) is 0 Å². The van der Waals surface area contributed by atoms with E-state index in [2.05, 4.69) is 0 Å². The number of hydrogen-bond donors (Lipinski definition) is 0. The lowest BCUT2D eigenvalue weighted by Gasteiger charge is -2.25. The maximum Gasteiger partial charge on any atom is 0.232 e. The van der Waals surface area contributed by atoms with Gasteiger partial charge in [0.15, 0.2) is 11.5 Å². The molecule has 29 heavy (non-hydrogen) atoms. The van der Waals surface area contributed by atoms with Crippen LogP contribution in [0.3, 0.4) is 0 Å². The Bertz CT molecular complexity index is 1040. The molecule has 2 aromatic carbocycles. The zero-order chi connectivity index (χ0) is 20.6. The molecule has 0 aromatic heterocycles. The van der Waals surface area contributed by atoms with Gasteiger partial charge in [-0.25, -0.2) is 8.42 Å². The second kappa shape index (κ2) is 7.59. The van der Waals surface area contributed by atoms with Crippen molar-refractivity contribution in [1.29, 1.82) is 0 Å². The summed E-state index contributed by atoms with van der Waals surface area (Å²) in [5.74, 6) is 1.13. The standard InChI is InChI=1S/C21H24N2O5S/c1-15-12-16-6-3-4-7-18(16)23(15)21(24)8-5-11-22(29(2,25)26)17-9-10-19-20(13-17)28-14-27-19/h3-4,6-7,9-10,13,15H,5,8,11-12,14H2,1-2H3/t15-/m0/s1. The fraction of sp³-hybridized carbons (Fsp3) is 0.381. The van der Waals surface area contributed by atoms with Crippen LogP contribution in [0.2, 0.25) is 0 Å². The van der Waals surface area contributed by atoms with Crippen molar-refractivity contribution >= 4 is 27.3 Å². The summed E-state index contributed by atoms with van der Waals surface area (Å²) in [5, 5.41) is 0. The zero-order valence-corrected chi connectivity index (χ0v) is 17.3. The first-order valence-electron chi connectivity index (χ1n) is 9.62. The average molecular weight is 416 g/mol. The molecule has 8 heteroatoms. The van der Waals surface area contributed by atoms with E-state index in [0.29, 0.717) is 23.6 Å². The lowest BCUT2D eigenvalue weighted by Crippen LogP contribution is -2.36. The van der Waals surface area contributed by atoms with Crippen LogP contribution in [0.5, 0.6) is 11.5 Å². The molecule has 2 aromatic rings. The van der Waals surface area contributed by atoms with Crippen LogP contribution in [-0.2, 0) is 21.2 Å². The number of benzene rings is 2. The van der Waals surface area contributed by atoms with Crippen LogP contribution in [0.25, 0.3) is 0 Å². The highest BCUT2D eigenvalue weighted by Gasteiger charge is 2.30. The number of fused-ring (bicyclic) bond motifs is 2. The minimum Gasteiger partial charge on any atom is -0.454 e. The zero-order valence-electron chi connectivity index (χ0n) is 16.5. The number of carbonyl (C=O) groups is 1. The maximum absolute atomic E-state index is 12.9. The summed E-state index contributed by atoms with van der Waals surface area (Å²) in [6.45, 7) is 2.38. The van der Waals surface area contributed by atoms with Crippen LogP contribution in [0.4, 0.5) is 11.4 Å². The molecule has 0 aliphatic carbocycles. The van der Waals surface area contributed by atoms with Gasteiger partial charge in [-0.15, -0.1) is 0 Å². The Balaban J connectivity index is 1.44. The van der Waals surface area contributed by atoms with Crippen molar-refractivity contribution in [3.8, 4) is 11.5 Å². The third-order valence-corrected chi connectivity index (χ3v) is 6.47. The third-order valence-electron chi connectivity index (χ3n) is 5.27. The van der Waals surface area contributed by atoms with Crippen molar-refractivity contribution in [2.24, 2.45) is 0 Å². The van der Waals surface area contributed by atoms with E-state index in [1.165, 1.54) is 9.87 Å². The van der Waals surface area contributed by atoms with Gasteiger partial charge in [0.25, 0.3) is 0 Å². The molecular weight excluding hydrogens is 392 g/mol. The summed E-state index contributed by atoms with van der Waals surface area (Å²) in [6.07, 6.45) is 2.70. The Kier molecular flexibility index (Phi) is 5.12. The number of para-hydroxylation sites is 1. The SMILES string of the molecule is C[C@H]1Cc2ccccc2N1C(=O)CCCN(c1ccc2c(c1)OCO2)S(C)(=O)=O. The molecule has 1 atom stereocenters. The topological polar surface area (TPSA) is 76.2 Å². The smallest absolute Gasteiger partial charge is 0.232 e. The first kappa shape index (κ1) is 19.6. The molecule has 7 nitrogen and oxygen atoms in total. The number of rotatable bonds is 6. The highest BCUT2D eigenvalue weighted by atomic mass is 32.2. The predicted molar refractivity (Wildman–Crippen MR) is 111 cm³/mol. The highest BCUT2D eigenvalue weighted by molar-refractivity contribution is 7.92. The highest BCUT2D eigenvalue weighted by Crippen LogP contribution is 2.36. The molecule has 0 saturated carbocycles. The summed E-state index contributed by atoms with van der Waals surface area (Å²) in [4.78, 5) is 14.7. The largest absolute Gasteiger partial charge is 0.454 e. The molecule has 4 rings (SSSR count). The molecule has 2 aliphatic heterocycles. The van der Waals surface area contributed by atoms with Crippen LogP contribution in [0, 0.1) is 0 Å². The predicted octanol–water partition coefficient (Wildman–Crippen LogP) is 2.94. The quantitative estimate of drug-likeness (QED) is 0.724. The van der Waals surface area contributed by atoms with Crippen LogP contribution in [0.1, 0.15) is 25.3 Å². The van der Waals surface area contributed by atoms with Crippen molar-refractivity contribution in [3.05, 3.63) is 48.0 Å². The fourth-order valence-corrected chi connectivity index (χ4v) is 4.92. The normalized spacial score (nSPS) is 17.3. The second-order valence-electron chi connectivity index (χ2n) is 7.42. The fourth-order valence-electron chi connectivity index (χ4n) is 3.97. The van der Waals surface area contributed by atoms with Crippen molar-refractivity contribution < 1.29 is 22.7 Å². The molecular formula is C21H24N2O5S. The number of hydrogen-bond acceptors (Lipinski definition) is 5. The molecule has 2 heterocycles. The van der Waals surface area contributed by atoms with Gasteiger partial charge in [-0.1, -0.05) is 18.2 Å². The van der Waals surface area contributed by atoms with Gasteiger partial charge >= 0.3 is 0 Å². The number of anilines is 2. The van der Waals surface area contributed by atoms with Gasteiger partial charge in [-0.05, 0) is 43.5 Å². The molecule has 0 unspecified atom stereocenters. The van der Waals surface area contributed by atoms with Crippen molar-refractivity contribution in [1.82, 2.24) is 0 Å². The minimum atomic E-state index is -3.50. The Labute approximate surface area is 170 Å². The van der Waals surface area contributed by atoms with Crippen LogP contribution in [-0.4, -0.2) is 40.0 Å². The summed E-state index contributed by atoms with van der Waals surface area (Å²) in [5.41, 5.74) is 2.64. The van der Waals surface area contributed by atoms with Gasteiger partial charge in [0, 0.05) is 30.8 Å². The summed E-state index contributed by atoms with van der Waals surface area (Å²) < 4.78 is 36.6. The van der Waals surface area contributed by atoms with E-state index in [-0.39, 0.29) is 31.7 Å². The number of carbonyl (C=O) groups excluding carboxylic acids is 1. The molecule has 0 radical (unpaired) electrons. The van der Waals surface area contributed by atoms with Crippen LogP contribution >= 0.6 is 0 Å². The summed E-state index contributed by atoms with van der Waals surface area (Å²) >= 11 is 0. The van der Waals surface area contributed by atoms with Crippen molar-refractivity contribution in [2.45, 2.75) is 32.2 Å². The Morgan fingerprint density at radius 3 is 2.72 bits per heavy atom. The number of amides is 1. The molecule has 2 aliphatic rings. The van der Waals surface area contributed by atoms with Crippen LogP contribution in [0.15, 0.2) is 42.5 Å². The van der Waals surface area contributed by atoms with E-state index in [1.807, 2.05) is 36.1 Å². The first-order chi connectivity index (χ1) is 13.8. The van der Waals surface area contributed by atoms with Gasteiger partial charge in [-0.3, -0.25) is 9.10 Å². The molecule has 0 saturated heterocycles. The van der Waals surface area contributed by atoms with Gasteiger partial charge in [0.05, 0.1) is 11.9 Å². The van der Waals surface area contributed by atoms with E-state index >= 15 is 0 Å². The maximum atomic E-state index is 12.9. The molecule has 0 fully saturated rings. The lowest BCUT2D eigenvalue weighted by molar-refractivity contribution is -0.118. The molecule has 0 N–H and O–H groups in total. The first-order valence-corrected chi connectivity index (χ1v) is 11.5. The summed E-state index contributed by atoms with van der Waals surface area (Å²) in [6, 6.07) is 13.1. The van der Waals surface area contributed by atoms with E-state index in [4.69, 9.17) is 9.47 Å². The van der Waals surface area contributed by atoms with Crippen molar-refractivity contribution in [2.75, 3.05) is 28.8 Å². The Morgan fingerprint density at radius 1 is 1.17 bits per heavy atom. The molecule has 1 amide bonds. The minimum absolute atomic E-state index is 0.0154.